The summed E-state index contributed by atoms with van der Waals surface area (Å²) in [6, 6.07) is 5.66. The van der Waals surface area contributed by atoms with Crippen LogP contribution in [0.3, 0.4) is 0 Å². The van der Waals surface area contributed by atoms with Gasteiger partial charge in [0.05, 0.1) is 0 Å². The highest BCUT2D eigenvalue weighted by atomic mass is 127. The number of amides is 1. The molecule has 5 heteroatoms. The van der Waals surface area contributed by atoms with Crippen molar-refractivity contribution in [2.75, 3.05) is 31.0 Å². The molecule has 0 atom stereocenters. The fourth-order valence-corrected chi connectivity index (χ4v) is 1.48. The maximum absolute atomic E-state index is 11.1. The first-order valence-corrected chi connectivity index (χ1v) is 7.81. The van der Waals surface area contributed by atoms with E-state index in [1.165, 1.54) is 12.6 Å². The monoisotopic (exact) mass is 364 g/mol. The predicted molar refractivity (Wildman–Crippen MR) is 85.2 cm³/mol. The zero-order valence-electron chi connectivity index (χ0n) is 11.6. The van der Waals surface area contributed by atoms with Gasteiger partial charge in [0.15, 0.2) is 0 Å². The van der Waals surface area contributed by atoms with Crippen LogP contribution < -0.4 is 15.0 Å². The van der Waals surface area contributed by atoms with Gasteiger partial charge in [0, 0.05) is 32.9 Å². The minimum Gasteiger partial charge on any atom is -0.410 e. The SMILES string of the molecule is CCc1ccc(OC(=O)NC)cc1N(C)C.CI. The van der Waals surface area contributed by atoms with Crippen molar-refractivity contribution in [1.82, 2.24) is 5.32 Å². The van der Waals surface area contributed by atoms with E-state index in [1.807, 2.05) is 36.1 Å². The van der Waals surface area contributed by atoms with Crippen molar-refractivity contribution in [3.63, 3.8) is 0 Å². The predicted octanol–water partition coefficient (Wildman–Crippen LogP) is 3.08. The third-order valence-electron chi connectivity index (χ3n) is 2.33. The van der Waals surface area contributed by atoms with E-state index in [-0.39, 0.29) is 0 Å². The summed E-state index contributed by atoms with van der Waals surface area (Å²) in [7, 11) is 5.48. The molecule has 1 rings (SSSR count). The van der Waals surface area contributed by atoms with Crippen molar-refractivity contribution in [3.8, 4) is 5.75 Å². The second kappa shape index (κ2) is 9.02. The summed E-state index contributed by atoms with van der Waals surface area (Å²) >= 11 is 2.15. The van der Waals surface area contributed by atoms with Gasteiger partial charge in [0.25, 0.3) is 0 Å². The first-order valence-electron chi connectivity index (χ1n) is 5.66. The molecule has 1 N–H and O–H groups in total. The normalized spacial score (nSPS) is 9.00. The molecule has 0 saturated heterocycles. The molecule has 0 aliphatic rings. The molecule has 0 aliphatic carbocycles. The summed E-state index contributed by atoms with van der Waals surface area (Å²) in [6.45, 7) is 2.10. The van der Waals surface area contributed by atoms with E-state index in [4.69, 9.17) is 4.74 Å². The van der Waals surface area contributed by atoms with E-state index in [2.05, 4.69) is 34.8 Å². The third-order valence-corrected chi connectivity index (χ3v) is 2.33. The average Bonchev–Trinajstić information content (AvgIpc) is 2.40. The lowest BCUT2D eigenvalue weighted by atomic mass is 10.1. The smallest absolute Gasteiger partial charge is 0.410 e. The van der Waals surface area contributed by atoms with Crippen LogP contribution in [0.4, 0.5) is 10.5 Å². The average molecular weight is 364 g/mol. The Labute approximate surface area is 123 Å². The molecule has 4 nitrogen and oxygen atoms in total. The van der Waals surface area contributed by atoms with Crippen LogP contribution in [0.1, 0.15) is 12.5 Å². The lowest BCUT2D eigenvalue weighted by Gasteiger charge is -2.17. The number of aryl methyl sites for hydroxylation is 1. The number of ether oxygens (including phenoxy) is 1. The Morgan fingerprint density at radius 1 is 1.39 bits per heavy atom. The molecule has 102 valence electrons. The first-order chi connectivity index (χ1) is 8.58. The number of carbonyl (C=O) groups is 1. The highest BCUT2D eigenvalue weighted by Crippen LogP contribution is 2.25. The molecule has 0 unspecified atom stereocenters. The fourth-order valence-electron chi connectivity index (χ4n) is 1.48. The molecule has 0 aromatic heterocycles. The van der Waals surface area contributed by atoms with Gasteiger partial charge in [-0.15, -0.1) is 0 Å². The highest BCUT2D eigenvalue weighted by molar-refractivity contribution is 14.1. The molecule has 0 saturated carbocycles. The van der Waals surface area contributed by atoms with Gasteiger partial charge in [-0.3, -0.25) is 0 Å². The topological polar surface area (TPSA) is 41.6 Å². The van der Waals surface area contributed by atoms with E-state index >= 15 is 0 Å². The Morgan fingerprint density at radius 2 is 2.00 bits per heavy atom. The standard InChI is InChI=1S/C12H18N2O2.CH3I/c1-5-9-6-7-10(16-12(15)13-2)8-11(9)14(3)4;1-2/h6-8H,5H2,1-4H3,(H,13,15);1H3. The minimum absolute atomic E-state index is 0.450. The largest absolute Gasteiger partial charge is 0.412 e. The van der Waals surface area contributed by atoms with Crippen LogP contribution in [-0.4, -0.2) is 32.2 Å². The number of nitrogens with one attached hydrogen (secondary N) is 1. The summed E-state index contributed by atoms with van der Waals surface area (Å²) in [4.78, 5) is 15.0. The van der Waals surface area contributed by atoms with Crippen LogP contribution in [0.2, 0.25) is 0 Å². The number of carbonyl (C=O) groups excluding carboxylic acids is 1. The number of anilines is 1. The molecule has 0 radical (unpaired) electrons. The molecule has 0 heterocycles. The highest BCUT2D eigenvalue weighted by Gasteiger charge is 2.07. The Kier molecular flexibility index (Phi) is 8.53. The summed E-state index contributed by atoms with van der Waals surface area (Å²) in [5.74, 6) is 0.556. The second-order valence-corrected chi connectivity index (χ2v) is 3.68. The van der Waals surface area contributed by atoms with Crippen LogP contribution in [0, 0.1) is 0 Å². The van der Waals surface area contributed by atoms with Crippen molar-refractivity contribution in [2.24, 2.45) is 0 Å². The van der Waals surface area contributed by atoms with Crippen molar-refractivity contribution in [1.29, 1.82) is 0 Å². The maximum atomic E-state index is 11.1. The van der Waals surface area contributed by atoms with Gasteiger partial charge in [0.1, 0.15) is 5.75 Å². The van der Waals surface area contributed by atoms with Crippen LogP contribution in [0.25, 0.3) is 0 Å². The molecule has 0 fully saturated rings. The van der Waals surface area contributed by atoms with E-state index in [0.717, 1.165) is 12.1 Å². The maximum Gasteiger partial charge on any atom is 0.412 e. The Hall–Kier alpha value is -0.980. The lowest BCUT2D eigenvalue weighted by Crippen LogP contribution is -2.22. The van der Waals surface area contributed by atoms with Gasteiger partial charge < -0.3 is 15.0 Å². The number of hydrogen-bond donors (Lipinski definition) is 1. The lowest BCUT2D eigenvalue weighted by molar-refractivity contribution is 0.203. The number of rotatable bonds is 3. The molecular weight excluding hydrogens is 343 g/mol. The van der Waals surface area contributed by atoms with E-state index in [1.54, 1.807) is 6.07 Å². The number of benzene rings is 1. The quantitative estimate of drug-likeness (QED) is 0.662. The fraction of sp³-hybridized carbons (Fsp3) is 0.462. The summed E-state index contributed by atoms with van der Waals surface area (Å²) in [5.41, 5.74) is 2.30. The minimum atomic E-state index is -0.450. The van der Waals surface area contributed by atoms with Gasteiger partial charge in [-0.1, -0.05) is 35.6 Å². The zero-order chi connectivity index (χ0) is 14.1. The molecular formula is C13H21IN2O2. The molecule has 1 aromatic rings. The number of alkyl halides is 1. The molecule has 1 amide bonds. The molecule has 0 aliphatic heterocycles. The third kappa shape index (κ3) is 5.12. The number of hydrogen-bond acceptors (Lipinski definition) is 3. The van der Waals surface area contributed by atoms with Crippen LogP contribution in [-0.2, 0) is 6.42 Å². The van der Waals surface area contributed by atoms with Crippen LogP contribution in [0.5, 0.6) is 5.75 Å². The Morgan fingerprint density at radius 3 is 2.44 bits per heavy atom. The Balaban J connectivity index is 0.00000137. The van der Waals surface area contributed by atoms with Crippen molar-refractivity contribution in [3.05, 3.63) is 23.8 Å². The zero-order valence-corrected chi connectivity index (χ0v) is 13.7. The molecule has 0 spiro atoms. The van der Waals surface area contributed by atoms with E-state index < -0.39 is 6.09 Å². The van der Waals surface area contributed by atoms with Gasteiger partial charge >= 0.3 is 6.09 Å². The van der Waals surface area contributed by atoms with Gasteiger partial charge in [-0.2, -0.15) is 0 Å². The van der Waals surface area contributed by atoms with Gasteiger partial charge in [-0.25, -0.2) is 4.79 Å². The van der Waals surface area contributed by atoms with E-state index in [0.29, 0.717) is 5.75 Å². The first kappa shape index (κ1) is 17.0. The molecule has 1 aromatic carbocycles. The van der Waals surface area contributed by atoms with Gasteiger partial charge in [-0.05, 0) is 23.0 Å². The summed E-state index contributed by atoms with van der Waals surface area (Å²) < 4.78 is 5.08. The van der Waals surface area contributed by atoms with E-state index in [9.17, 15) is 4.79 Å². The summed E-state index contributed by atoms with van der Waals surface area (Å²) in [5, 5.41) is 2.42. The van der Waals surface area contributed by atoms with Crippen molar-refractivity contribution in [2.45, 2.75) is 13.3 Å². The van der Waals surface area contributed by atoms with Gasteiger partial charge in [0.2, 0.25) is 0 Å². The second-order valence-electron chi connectivity index (χ2n) is 3.68. The molecule has 0 bridgehead atoms. The molecule has 18 heavy (non-hydrogen) atoms. The van der Waals surface area contributed by atoms with Crippen LogP contribution >= 0.6 is 22.6 Å². The number of nitrogens with zero attached hydrogens (tertiary/aromatic N) is 1. The summed E-state index contributed by atoms with van der Waals surface area (Å²) in [6.07, 6.45) is 0.502. The Bertz CT molecular complexity index is 381. The van der Waals surface area contributed by atoms with Crippen LogP contribution in [0.15, 0.2) is 18.2 Å². The van der Waals surface area contributed by atoms with Crippen molar-refractivity contribution >= 4 is 34.4 Å². The number of halogens is 1. The van der Waals surface area contributed by atoms with Crippen molar-refractivity contribution < 1.29 is 9.53 Å².